The summed E-state index contributed by atoms with van der Waals surface area (Å²) in [6.45, 7) is 1.94. The lowest BCUT2D eigenvalue weighted by Crippen LogP contribution is -1.97. The second-order valence-corrected chi connectivity index (χ2v) is 5.14. The van der Waals surface area contributed by atoms with E-state index in [9.17, 15) is 9.50 Å². The lowest BCUT2D eigenvalue weighted by molar-refractivity contribution is 0.171. The summed E-state index contributed by atoms with van der Waals surface area (Å²) < 4.78 is 13.1. The quantitative estimate of drug-likeness (QED) is 0.880. The van der Waals surface area contributed by atoms with Gasteiger partial charge in [-0.15, -0.1) is 0 Å². The van der Waals surface area contributed by atoms with Crippen molar-refractivity contribution in [2.45, 2.75) is 29.2 Å². The molecule has 0 heterocycles. The van der Waals surface area contributed by atoms with Crippen LogP contribution in [-0.4, -0.2) is 5.11 Å². The van der Waals surface area contributed by atoms with Gasteiger partial charge in [0.1, 0.15) is 5.82 Å². The highest BCUT2D eigenvalue weighted by Crippen LogP contribution is 2.34. The average Bonchev–Trinajstić information content (AvgIpc) is 2.38. The molecular weight excluding hydrogens is 247 g/mol. The van der Waals surface area contributed by atoms with E-state index in [1.165, 1.54) is 23.9 Å². The summed E-state index contributed by atoms with van der Waals surface area (Å²) in [6.07, 6.45) is 0.197. The first kappa shape index (κ1) is 13.1. The predicted molar refractivity (Wildman–Crippen MR) is 72.2 cm³/mol. The molecule has 94 valence electrons. The van der Waals surface area contributed by atoms with E-state index >= 15 is 0 Å². The zero-order chi connectivity index (χ0) is 13.0. The maximum atomic E-state index is 13.1. The molecule has 0 bridgehead atoms. The number of aliphatic hydroxyl groups is 1. The number of hydrogen-bond donors (Lipinski definition) is 1. The molecule has 2 aromatic rings. The topological polar surface area (TPSA) is 20.2 Å². The van der Waals surface area contributed by atoms with Gasteiger partial charge < -0.3 is 5.11 Å². The van der Waals surface area contributed by atoms with Crippen molar-refractivity contribution in [1.82, 2.24) is 0 Å². The molecule has 0 spiro atoms. The highest BCUT2D eigenvalue weighted by molar-refractivity contribution is 7.99. The molecule has 0 aliphatic heterocycles. The third-order valence-corrected chi connectivity index (χ3v) is 3.77. The maximum absolute atomic E-state index is 13.1. The van der Waals surface area contributed by atoms with Crippen LogP contribution in [0.3, 0.4) is 0 Å². The van der Waals surface area contributed by atoms with E-state index in [1.807, 2.05) is 37.3 Å². The Labute approximate surface area is 111 Å². The fourth-order valence-corrected chi connectivity index (χ4v) is 2.77. The molecule has 0 fully saturated rings. The molecule has 0 saturated carbocycles. The normalized spacial score (nSPS) is 12.4. The van der Waals surface area contributed by atoms with Gasteiger partial charge >= 0.3 is 0 Å². The lowest BCUT2D eigenvalue weighted by Gasteiger charge is -2.13. The number of rotatable bonds is 4. The number of halogens is 1. The number of hydrogen-bond acceptors (Lipinski definition) is 2. The average molecular weight is 262 g/mol. The number of aliphatic hydroxyl groups excluding tert-OH is 1. The summed E-state index contributed by atoms with van der Waals surface area (Å²) in [4.78, 5) is 1.81. The molecule has 1 atom stereocenters. The largest absolute Gasteiger partial charge is 0.388 e. The van der Waals surface area contributed by atoms with Gasteiger partial charge in [0.25, 0.3) is 0 Å². The maximum Gasteiger partial charge on any atom is 0.124 e. The minimum atomic E-state index is -0.470. The molecule has 0 aliphatic rings. The third kappa shape index (κ3) is 3.12. The van der Waals surface area contributed by atoms with Crippen LogP contribution in [0.2, 0.25) is 0 Å². The summed E-state index contributed by atoms with van der Waals surface area (Å²) in [5.41, 5.74) is 0.897. The van der Waals surface area contributed by atoms with Crippen LogP contribution in [0.5, 0.6) is 0 Å². The fourth-order valence-electron chi connectivity index (χ4n) is 1.73. The van der Waals surface area contributed by atoms with Crippen molar-refractivity contribution in [3.05, 3.63) is 59.9 Å². The molecule has 1 N–H and O–H groups in total. The highest BCUT2D eigenvalue weighted by Gasteiger charge is 2.11. The summed E-state index contributed by atoms with van der Waals surface area (Å²) in [5.74, 6) is -0.242. The Balaban J connectivity index is 2.29. The lowest BCUT2D eigenvalue weighted by atomic mass is 10.1. The van der Waals surface area contributed by atoms with E-state index in [0.29, 0.717) is 6.42 Å². The molecule has 0 aromatic heterocycles. The van der Waals surface area contributed by atoms with Crippen molar-refractivity contribution in [2.24, 2.45) is 0 Å². The van der Waals surface area contributed by atoms with Crippen LogP contribution in [0.25, 0.3) is 0 Å². The predicted octanol–water partition coefficient (Wildman–Crippen LogP) is 4.42. The van der Waals surface area contributed by atoms with Crippen LogP contribution in [-0.2, 0) is 0 Å². The van der Waals surface area contributed by atoms with E-state index in [0.717, 1.165) is 15.4 Å². The molecule has 0 radical (unpaired) electrons. The molecule has 2 aromatic carbocycles. The van der Waals surface area contributed by atoms with E-state index in [2.05, 4.69) is 0 Å². The van der Waals surface area contributed by atoms with Crippen LogP contribution in [0.1, 0.15) is 25.0 Å². The zero-order valence-corrected chi connectivity index (χ0v) is 11.0. The second-order valence-electron chi connectivity index (χ2n) is 4.02. The first-order valence-corrected chi connectivity index (χ1v) is 6.72. The molecule has 18 heavy (non-hydrogen) atoms. The molecule has 0 saturated heterocycles. The van der Waals surface area contributed by atoms with E-state index in [4.69, 9.17) is 0 Å². The molecule has 1 nitrogen and oxygen atoms in total. The van der Waals surface area contributed by atoms with Gasteiger partial charge in [0, 0.05) is 9.79 Å². The molecule has 0 unspecified atom stereocenters. The van der Waals surface area contributed by atoms with Gasteiger partial charge in [-0.2, -0.15) is 0 Å². The SMILES string of the molecule is CC[C@H](O)c1ccccc1Sc1cccc(F)c1. The van der Waals surface area contributed by atoms with E-state index in [1.54, 1.807) is 6.07 Å². The van der Waals surface area contributed by atoms with Crippen molar-refractivity contribution >= 4 is 11.8 Å². The Hall–Kier alpha value is -1.32. The van der Waals surface area contributed by atoms with Gasteiger partial charge in [-0.3, -0.25) is 0 Å². The van der Waals surface area contributed by atoms with Crippen molar-refractivity contribution in [3.8, 4) is 0 Å². The molecule has 2 rings (SSSR count). The van der Waals surface area contributed by atoms with Crippen LogP contribution >= 0.6 is 11.8 Å². The highest BCUT2D eigenvalue weighted by atomic mass is 32.2. The van der Waals surface area contributed by atoms with Crippen molar-refractivity contribution in [2.75, 3.05) is 0 Å². The Kier molecular flexibility index (Phi) is 4.39. The van der Waals surface area contributed by atoms with Crippen molar-refractivity contribution < 1.29 is 9.50 Å². The first-order valence-electron chi connectivity index (χ1n) is 5.91. The first-order chi connectivity index (χ1) is 8.70. The zero-order valence-electron chi connectivity index (χ0n) is 10.1. The minimum Gasteiger partial charge on any atom is -0.388 e. The third-order valence-electron chi connectivity index (χ3n) is 2.69. The Morgan fingerprint density at radius 2 is 1.94 bits per heavy atom. The van der Waals surface area contributed by atoms with Crippen LogP contribution < -0.4 is 0 Å². The standard InChI is InChI=1S/C15H15FOS/c1-2-14(17)13-8-3-4-9-15(13)18-12-7-5-6-11(16)10-12/h3-10,14,17H,2H2,1H3/t14-/m0/s1. The van der Waals surface area contributed by atoms with Gasteiger partial charge in [0.15, 0.2) is 0 Å². The summed E-state index contributed by atoms with van der Waals surface area (Å²) in [7, 11) is 0. The van der Waals surface area contributed by atoms with Crippen molar-refractivity contribution in [3.63, 3.8) is 0 Å². The monoisotopic (exact) mass is 262 g/mol. The molecule has 0 amide bonds. The van der Waals surface area contributed by atoms with Crippen molar-refractivity contribution in [1.29, 1.82) is 0 Å². The van der Waals surface area contributed by atoms with Gasteiger partial charge in [0.2, 0.25) is 0 Å². The Bertz CT molecular complexity index is 527. The second kappa shape index (κ2) is 6.03. The van der Waals surface area contributed by atoms with E-state index in [-0.39, 0.29) is 5.82 Å². The Morgan fingerprint density at radius 3 is 2.67 bits per heavy atom. The molecule has 3 heteroatoms. The molecular formula is C15H15FOS. The summed E-state index contributed by atoms with van der Waals surface area (Å²) >= 11 is 1.47. The van der Waals surface area contributed by atoms with Crippen LogP contribution in [0.4, 0.5) is 4.39 Å². The van der Waals surface area contributed by atoms with E-state index < -0.39 is 6.10 Å². The Morgan fingerprint density at radius 1 is 1.17 bits per heavy atom. The van der Waals surface area contributed by atoms with Gasteiger partial charge in [-0.05, 0) is 36.2 Å². The summed E-state index contributed by atoms with van der Waals surface area (Å²) in [5, 5.41) is 9.96. The van der Waals surface area contributed by atoms with Gasteiger partial charge in [-0.1, -0.05) is 43.0 Å². The van der Waals surface area contributed by atoms with Gasteiger partial charge in [0.05, 0.1) is 6.10 Å². The van der Waals surface area contributed by atoms with Crippen LogP contribution in [0.15, 0.2) is 58.3 Å². The molecule has 0 aliphatic carbocycles. The van der Waals surface area contributed by atoms with Crippen LogP contribution in [0, 0.1) is 5.82 Å². The fraction of sp³-hybridized carbons (Fsp3) is 0.200. The minimum absolute atomic E-state index is 0.242. The smallest absolute Gasteiger partial charge is 0.124 e. The number of benzene rings is 2. The summed E-state index contributed by atoms with van der Waals surface area (Å²) in [6, 6.07) is 14.2. The van der Waals surface area contributed by atoms with Gasteiger partial charge in [-0.25, -0.2) is 4.39 Å².